The molecule has 0 fully saturated rings. The summed E-state index contributed by atoms with van der Waals surface area (Å²) < 4.78 is 1.36. The Labute approximate surface area is 131 Å². The van der Waals surface area contributed by atoms with Crippen LogP contribution in [0, 0.1) is 3.57 Å². The van der Waals surface area contributed by atoms with Crippen molar-refractivity contribution in [2.45, 2.75) is 12.5 Å². The second-order valence-corrected chi connectivity index (χ2v) is 5.76. The van der Waals surface area contributed by atoms with Crippen molar-refractivity contribution < 1.29 is 19.5 Å². The van der Waals surface area contributed by atoms with Crippen LogP contribution in [0.15, 0.2) is 22.7 Å². The first-order valence-corrected chi connectivity index (χ1v) is 6.95. The fourth-order valence-corrected chi connectivity index (χ4v) is 2.23. The normalized spacial score (nSPS) is 11.7. The lowest BCUT2D eigenvalue weighted by Gasteiger charge is -2.13. The van der Waals surface area contributed by atoms with E-state index in [9.17, 15) is 14.4 Å². The fraction of sp³-hybridized carbons (Fsp3) is 0.182. The molecule has 0 heterocycles. The molecule has 0 aliphatic heterocycles. The molecule has 0 bridgehead atoms. The first kappa shape index (κ1) is 15.9. The maximum absolute atomic E-state index is 12.0. The van der Waals surface area contributed by atoms with Crippen LogP contribution in [-0.2, 0) is 9.59 Å². The number of hydrogen-bond donors (Lipinski definition) is 3. The molecule has 4 N–H and O–H groups in total. The van der Waals surface area contributed by atoms with Crippen LogP contribution in [0.4, 0.5) is 0 Å². The molecular weight excluding hydrogens is 431 g/mol. The van der Waals surface area contributed by atoms with Crippen molar-refractivity contribution in [1.82, 2.24) is 5.32 Å². The number of nitrogens with two attached hydrogens (primary N) is 1. The molecule has 8 heteroatoms. The molecule has 2 amide bonds. The molecule has 1 unspecified atom stereocenters. The average molecular weight is 441 g/mol. The monoisotopic (exact) mass is 440 g/mol. The average Bonchev–Trinajstić information content (AvgIpc) is 2.30. The zero-order valence-corrected chi connectivity index (χ0v) is 13.3. The molecule has 1 aromatic carbocycles. The summed E-state index contributed by atoms with van der Waals surface area (Å²) in [6.07, 6.45) is -0.456. The molecule has 0 aliphatic rings. The lowest BCUT2D eigenvalue weighted by Crippen LogP contribution is -2.43. The van der Waals surface area contributed by atoms with E-state index in [1.165, 1.54) is 0 Å². The molecule has 0 saturated carbocycles. The highest BCUT2D eigenvalue weighted by atomic mass is 127. The van der Waals surface area contributed by atoms with Gasteiger partial charge in [-0.2, -0.15) is 0 Å². The summed E-state index contributed by atoms with van der Waals surface area (Å²) in [6, 6.07) is 3.73. The Morgan fingerprint density at radius 1 is 1.42 bits per heavy atom. The van der Waals surface area contributed by atoms with E-state index in [0.717, 1.165) is 3.57 Å². The van der Waals surface area contributed by atoms with Crippen LogP contribution < -0.4 is 11.1 Å². The van der Waals surface area contributed by atoms with E-state index < -0.39 is 30.2 Å². The summed E-state index contributed by atoms with van der Waals surface area (Å²) in [5, 5.41) is 11.2. The van der Waals surface area contributed by atoms with Crippen LogP contribution in [0.5, 0.6) is 0 Å². The van der Waals surface area contributed by atoms with Gasteiger partial charge < -0.3 is 16.2 Å². The van der Waals surface area contributed by atoms with Gasteiger partial charge in [-0.1, -0.05) is 0 Å². The maximum Gasteiger partial charge on any atom is 0.326 e. The van der Waals surface area contributed by atoms with Gasteiger partial charge in [0.1, 0.15) is 6.04 Å². The lowest BCUT2D eigenvalue weighted by molar-refractivity contribution is -0.140. The molecule has 102 valence electrons. The van der Waals surface area contributed by atoms with Crippen LogP contribution in [0.2, 0.25) is 0 Å². The predicted octanol–water partition coefficient (Wildman–Crippen LogP) is 1.11. The number of rotatable bonds is 5. The highest BCUT2D eigenvalue weighted by molar-refractivity contribution is 14.1. The smallest absolute Gasteiger partial charge is 0.326 e. The first-order chi connectivity index (χ1) is 8.81. The SMILES string of the molecule is NC(=O)CC(NC(=O)c1cc(I)ccc1Br)C(=O)O. The van der Waals surface area contributed by atoms with Crippen molar-refractivity contribution in [1.29, 1.82) is 0 Å². The predicted molar refractivity (Wildman–Crippen MR) is 79.6 cm³/mol. The van der Waals surface area contributed by atoms with Gasteiger partial charge in [0.15, 0.2) is 0 Å². The van der Waals surface area contributed by atoms with Crippen molar-refractivity contribution in [2.24, 2.45) is 5.73 Å². The number of benzene rings is 1. The van der Waals surface area contributed by atoms with Gasteiger partial charge >= 0.3 is 5.97 Å². The van der Waals surface area contributed by atoms with Crippen molar-refractivity contribution >= 4 is 56.3 Å². The molecule has 0 saturated heterocycles. The van der Waals surface area contributed by atoms with Crippen LogP contribution in [-0.4, -0.2) is 28.9 Å². The summed E-state index contributed by atoms with van der Waals surface area (Å²) in [5.41, 5.74) is 5.23. The van der Waals surface area contributed by atoms with Gasteiger partial charge in [0.2, 0.25) is 5.91 Å². The van der Waals surface area contributed by atoms with E-state index in [1.807, 2.05) is 22.6 Å². The Kier molecular flexibility index (Phi) is 5.73. The van der Waals surface area contributed by atoms with Gasteiger partial charge in [-0.05, 0) is 56.7 Å². The number of nitrogens with one attached hydrogen (secondary N) is 1. The van der Waals surface area contributed by atoms with Gasteiger partial charge in [0.05, 0.1) is 12.0 Å². The molecular formula is C11H10BrIN2O4. The number of primary amides is 1. The van der Waals surface area contributed by atoms with E-state index in [4.69, 9.17) is 10.8 Å². The largest absolute Gasteiger partial charge is 0.480 e. The Bertz CT molecular complexity index is 535. The number of carbonyl (C=O) groups is 3. The zero-order chi connectivity index (χ0) is 14.6. The Balaban J connectivity index is 2.90. The van der Waals surface area contributed by atoms with Gasteiger partial charge in [0, 0.05) is 8.04 Å². The number of carbonyl (C=O) groups excluding carboxylic acids is 2. The number of aliphatic carboxylic acids is 1. The summed E-state index contributed by atoms with van der Waals surface area (Å²) >= 11 is 5.24. The van der Waals surface area contributed by atoms with E-state index in [0.29, 0.717) is 10.0 Å². The standard InChI is InChI=1S/C11H10BrIN2O4/c12-7-2-1-5(13)3-6(7)10(17)15-8(11(18)19)4-9(14)16/h1-3,8H,4H2,(H2,14,16)(H,15,17)(H,18,19). The van der Waals surface area contributed by atoms with Crippen molar-refractivity contribution in [3.8, 4) is 0 Å². The third-order valence-corrected chi connectivity index (χ3v) is 3.54. The number of amides is 2. The zero-order valence-electron chi connectivity index (χ0n) is 9.52. The summed E-state index contributed by atoms with van der Waals surface area (Å²) in [5.74, 6) is -2.69. The molecule has 1 aromatic rings. The van der Waals surface area contributed by atoms with E-state index >= 15 is 0 Å². The van der Waals surface area contributed by atoms with Crippen LogP contribution in [0.25, 0.3) is 0 Å². The Hall–Kier alpha value is -1.16. The quantitative estimate of drug-likeness (QED) is 0.596. The number of carboxylic acid groups (broad SMARTS) is 1. The van der Waals surface area contributed by atoms with Crippen LogP contribution in [0.3, 0.4) is 0 Å². The summed E-state index contributed by atoms with van der Waals surface area (Å²) in [7, 11) is 0. The molecule has 0 radical (unpaired) electrons. The van der Waals surface area contributed by atoms with Crippen molar-refractivity contribution in [3.63, 3.8) is 0 Å². The molecule has 6 nitrogen and oxygen atoms in total. The highest BCUT2D eigenvalue weighted by Gasteiger charge is 2.23. The third-order valence-electron chi connectivity index (χ3n) is 2.18. The third kappa shape index (κ3) is 4.78. The molecule has 1 rings (SSSR count). The van der Waals surface area contributed by atoms with Gasteiger partial charge in [-0.15, -0.1) is 0 Å². The van der Waals surface area contributed by atoms with E-state index in [1.54, 1.807) is 18.2 Å². The van der Waals surface area contributed by atoms with Gasteiger partial charge in [-0.3, -0.25) is 9.59 Å². The number of carboxylic acids is 1. The highest BCUT2D eigenvalue weighted by Crippen LogP contribution is 2.19. The molecule has 0 aliphatic carbocycles. The van der Waals surface area contributed by atoms with Crippen molar-refractivity contribution in [2.75, 3.05) is 0 Å². The minimum absolute atomic E-state index is 0.294. The Morgan fingerprint density at radius 2 is 2.05 bits per heavy atom. The maximum atomic E-state index is 12.0. The number of halogens is 2. The van der Waals surface area contributed by atoms with E-state index in [2.05, 4.69) is 21.2 Å². The first-order valence-electron chi connectivity index (χ1n) is 5.08. The lowest BCUT2D eigenvalue weighted by atomic mass is 10.1. The van der Waals surface area contributed by atoms with Crippen LogP contribution >= 0.6 is 38.5 Å². The fourth-order valence-electron chi connectivity index (χ4n) is 1.31. The minimum Gasteiger partial charge on any atom is -0.480 e. The Morgan fingerprint density at radius 3 is 2.58 bits per heavy atom. The molecule has 0 aromatic heterocycles. The van der Waals surface area contributed by atoms with Gasteiger partial charge in [0.25, 0.3) is 5.91 Å². The van der Waals surface area contributed by atoms with E-state index in [-0.39, 0.29) is 0 Å². The second kappa shape index (κ2) is 6.85. The van der Waals surface area contributed by atoms with Gasteiger partial charge in [-0.25, -0.2) is 4.79 Å². The topological polar surface area (TPSA) is 109 Å². The second-order valence-electron chi connectivity index (χ2n) is 3.66. The molecule has 1 atom stereocenters. The summed E-state index contributed by atoms with van der Waals surface area (Å²) in [4.78, 5) is 33.6. The summed E-state index contributed by atoms with van der Waals surface area (Å²) in [6.45, 7) is 0. The number of hydrogen-bond acceptors (Lipinski definition) is 3. The minimum atomic E-state index is -1.34. The van der Waals surface area contributed by atoms with Crippen LogP contribution in [0.1, 0.15) is 16.8 Å². The van der Waals surface area contributed by atoms with Crippen molar-refractivity contribution in [3.05, 3.63) is 31.8 Å². The molecule has 0 spiro atoms. The molecule has 19 heavy (non-hydrogen) atoms.